The molecule has 0 radical (unpaired) electrons. The minimum absolute atomic E-state index is 0.00447. The predicted molar refractivity (Wildman–Crippen MR) is 146 cm³/mol. The van der Waals surface area contributed by atoms with Gasteiger partial charge in [-0.15, -0.1) is 0 Å². The number of hydrogen-bond donors (Lipinski definition) is 4. The molecule has 1 aromatic rings. The van der Waals surface area contributed by atoms with Crippen LogP contribution in [0.2, 0.25) is 0 Å². The average Bonchev–Trinajstić information content (AvgIpc) is 3.26. The van der Waals surface area contributed by atoms with Crippen molar-refractivity contribution in [3.63, 3.8) is 0 Å². The van der Waals surface area contributed by atoms with Gasteiger partial charge in [0.1, 0.15) is 0 Å². The van der Waals surface area contributed by atoms with Crippen LogP contribution in [-0.4, -0.2) is 40.0 Å². The molecule has 206 valence electrons. The van der Waals surface area contributed by atoms with E-state index >= 15 is 0 Å². The fraction of sp³-hybridized carbons (Fsp3) is 0.781. The highest BCUT2D eigenvalue weighted by Crippen LogP contribution is 2.68. The smallest absolute Gasteiger partial charge is 0.251 e. The Hall–Kier alpha value is -1.43. The summed E-state index contributed by atoms with van der Waals surface area (Å²) in [5, 5.41) is 34.1. The van der Waals surface area contributed by atoms with Crippen molar-refractivity contribution in [2.75, 3.05) is 6.61 Å². The number of aliphatic hydroxyl groups excluding tert-OH is 3. The Morgan fingerprint density at radius 3 is 2.59 bits per heavy atom. The molecule has 4 saturated carbocycles. The molecule has 0 heterocycles. The third-order valence-electron chi connectivity index (χ3n) is 12.1. The number of aliphatic hydroxyl groups is 3. The first kappa shape index (κ1) is 27.1. The quantitative estimate of drug-likeness (QED) is 0.399. The van der Waals surface area contributed by atoms with Gasteiger partial charge in [0, 0.05) is 18.2 Å². The highest BCUT2D eigenvalue weighted by molar-refractivity contribution is 5.95. The molecule has 5 rings (SSSR count). The van der Waals surface area contributed by atoms with E-state index in [-0.39, 0.29) is 42.1 Å². The summed E-state index contributed by atoms with van der Waals surface area (Å²) in [4.78, 5) is 13.0. The van der Waals surface area contributed by atoms with Crippen LogP contribution in [0.3, 0.4) is 0 Å². The molecular formula is C32H49NO4. The van der Waals surface area contributed by atoms with Crippen molar-refractivity contribution in [1.29, 1.82) is 0 Å². The summed E-state index contributed by atoms with van der Waals surface area (Å²) in [6.45, 7) is 7.39. The van der Waals surface area contributed by atoms with E-state index in [1.807, 2.05) is 18.2 Å². The molecule has 10 atom stereocenters. The number of hydrogen-bond acceptors (Lipinski definition) is 4. The maximum atomic E-state index is 13.0. The van der Waals surface area contributed by atoms with Crippen LogP contribution >= 0.6 is 0 Å². The first-order chi connectivity index (χ1) is 17.7. The lowest BCUT2D eigenvalue weighted by molar-refractivity contribution is -0.169. The molecule has 0 aromatic heterocycles. The number of carbonyl (C=O) groups excluding carboxylic acids is 1. The van der Waals surface area contributed by atoms with Crippen LogP contribution in [-0.2, 0) is 6.61 Å². The van der Waals surface area contributed by atoms with Gasteiger partial charge in [-0.1, -0.05) is 39.0 Å². The Morgan fingerprint density at radius 1 is 1.05 bits per heavy atom. The minimum atomic E-state index is -0.245. The van der Waals surface area contributed by atoms with E-state index in [9.17, 15) is 20.1 Å². The molecule has 1 aromatic carbocycles. The van der Waals surface area contributed by atoms with Crippen molar-refractivity contribution in [3.8, 4) is 0 Å². The Morgan fingerprint density at radius 2 is 1.84 bits per heavy atom. The highest BCUT2D eigenvalue weighted by Gasteiger charge is 2.63. The summed E-state index contributed by atoms with van der Waals surface area (Å²) >= 11 is 0. The van der Waals surface area contributed by atoms with Crippen LogP contribution in [0.5, 0.6) is 0 Å². The van der Waals surface area contributed by atoms with Crippen LogP contribution in [0, 0.1) is 46.3 Å². The molecule has 4 N–H and O–H groups in total. The molecule has 0 spiro atoms. The SMILES string of the molecule is CC(CCCO)[C@H]1CCC2C3CC[C@@H]4C[C@@H](NC(=O)c5ccccc5CO)CC[C@]4(C)C3C[C@H](O)[C@@]21C. The Kier molecular flexibility index (Phi) is 7.79. The lowest BCUT2D eigenvalue weighted by atomic mass is 9.43. The third kappa shape index (κ3) is 4.57. The number of fused-ring (bicyclic) bond motifs is 5. The summed E-state index contributed by atoms with van der Waals surface area (Å²) < 4.78 is 0. The van der Waals surface area contributed by atoms with E-state index in [0.717, 1.165) is 38.5 Å². The second kappa shape index (κ2) is 10.6. The molecule has 0 aliphatic heterocycles. The zero-order valence-electron chi connectivity index (χ0n) is 23.2. The van der Waals surface area contributed by atoms with Crippen LogP contribution in [0.4, 0.5) is 0 Å². The first-order valence-electron chi connectivity index (χ1n) is 15.0. The zero-order valence-corrected chi connectivity index (χ0v) is 23.2. The first-order valence-corrected chi connectivity index (χ1v) is 15.0. The minimum Gasteiger partial charge on any atom is -0.396 e. The highest BCUT2D eigenvalue weighted by atomic mass is 16.3. The summed E-state index contributed by atoms with van der Waals surface area (Å²) in [5.74, 6) is 3.49. The number of rotatable bonds is 7. The maximum Gasteiger partial charge on any atom is 0.251 e. The Labute approximate surface area is 223 Å². The number of benzene rings is 1. The molecular weight excluding hydrogens is 462 g/mol. The lowest BCUT2D eigenvalue weighted by Gasteiger charge is -2.62. The van der Waals surface area contributed by atoms with Gasteiger partial charge < -0.3 is 20.6 Å². The Balaban J connectivity index is 1.28. The van der Waals surface area contributed by atoms with E-state index in [2.05, 4.69) is 26.1 Å². The number of carbonyl (C=O) groups is 1. The fourth-order valence-electron chi connectivity index (χ4n) is 10.1. The van der Waals surface area contributed by atoms with Crippen molar-refractivity contribution in [3.05, 3.63) is 35.4 Å². The van der Waals surface area contributed by atoms with E-state index < -0.39 is 0 Å². The summed E-state index contributed by atoms with van der Waals surface area (Å²) in [7, 11) is 0. The topological polar surface area (TPSA) is 89.8 Å². The van der Waals surface area contributed by atoms with Gasteiger partial charge in [0.05, 0.1) is 12.7 Å². The number of amides is 1. The molecule has 37 heavy (non-hydrogen) atoms. The summed E-state index contributed by atoms with van der Waals surface area (Å²) in [6.07, 6.45) is 10.7. The molecule has 4 aliphatic rings. The van der Waals surface area contributed by atoms with Crippen molar-refractivity contribution in [2.24, 2.45) is 46.3 Å². The van der Waals surface area contributed by atoms with Crippen LogP contribution in [0.25, 0.3) is 0 Å². The van der Waals surface area contributed by atoms with Crippen molar-refractivity contribution in [1.82, 2.24) is 5.32 Å². The van der Waals surface area contributed by atoms with Gasteiger partial charge >= 0.3 is 0 Å². The van der Waals surface area contributed by atoms with Gasteiger partial charge in [0.2, 0.25) is 0 Å². The monoisotopic (exact) mass is 511 g/mol. The normalized spacial score (nSPS) is 41.8. The molecule has 4 unspecified atom stereocenters. The summed E-state index contributed by atoms with van der Waals surface area (Å²) in [5.41, 5.74) is 1.50. The van der Waals surface area contributed by atoms with Gasteiger partial charge in [-0.3, -0.25) is 4.79 Å². The molecule has 4 fully saturated rings. The molecule has 0 bridgehead atoms. The molecule has 5 heteroatoms. The fourth-order valence-corrected chi connectivity index (χ4v) is 10.1. The second-order valence-corrected chi connectivity index (χ2v) is 13.6. The molecule has 1 amide bonds. The maximum absolute atomic E-state index is 13.0. The van der Waals surface area contributed by atoms with E-state index in [4.69, 9.17) is 0 Å². The van der Waals surface area contributed by atoms with E-state index in [1.54, 1.807) is 6.07 Å². The number of nitrogens with one attached hydrogen (secondary N) is 1. The van der Waals surface area contributed by atoms with Gasteiger partial charge in [-0.2, -0.15) is 0 Å². The van der Waals surface area contributed by atoms with Gasteiger partial charge in [0.15, 0.2) is 0 Å². The molecule has 4 aliphatic carbocycles. The van der Waals surface area contributed by atoms with Crippen molar-refractivity contribution in [2.45, 2.75) is 104 Å². The van der Waals surface area contributed by atoms with Gasteiger partial charge in [-0.05, 0) is 122 Å². The summed E-state index contributed by atoms with van der Waals surface area (Å²) in [6, 6.07) is 7.52. The van der Waals surface area contributed by atoms with Gasteiger partial charge in [0.25, 0.3) is 5.91 Å². The second-order valence-electron chi connectivity index (χ2n) is 13.6. The molecule has 0 saturated heterocycles. The van der Waals surface area contributed by atoms with Crippen molar-refractivity contribution < 1.29 is 20.1 Å². The molecule has 5 nitrogen and oxygen atoms in total. The van der Waals surface area contributed by atoms with Gasteiger partial charge in [-0.25, -0.2) is 0 Å². The Bertz CT molecular complexity index is 966. The predicted octanol–water partition coefficient (Wildman–Crippen LogP) is 5.32. The van der Waals surface area contributed by atoms with E-state index in [0.29, 0.717) is 46.6 Å². The largest absolute Gasteiger partial charge is 0.396 e. The van der Waals surface area contributed by atoms with Crippen LogP contribution in [0.1, 0.15) is 101 Å². The lowest BCUT2D eigenvalue weighted by Crippen LogP contribution is -2.59. The zero-order chi connectivity index (χ0) is 26.4. The standard InChI is InChI=1S/C32H49NO4/c1-20(7-6-16-34)26-12-13-27-25-11-10-22-17-23(33-30(37)24-9-5-4-8-21(24)19-35)14-15-31(22,2)28(25)18-29(36)32(26,27)3/h4-5,8-9,20,22-23,25-29,34-36H,6-7,10-19H2,1-3H3,(H,33,37)/t20?,22-,23+,25?,26-,27?,28?,29+,31+,32-/m1/s1. The van der Waals surface area contributed by atoms with Crippen LogP contribution < -0.4 is 5.32 Å². The third-order valence-corrected chi connectivity index (χ3v) is 12.1. The average molecular weight is 512 g/mol. The van der Waals surface area contributed by atoms with Crippen LogP contribution in [0.15, 0.2) is 24.3 Å². The van der Waals surface area contributed by atoms with E-state index in [1.165, 1.54) is 25.7 Å². The van der Waals surface area contributed by atoms with Crippen molar-refractivity contribution >= 4 is 5.91 Å².